The molecule has 0 bridgehead atoms. The SMILES string of the molecule is CC(=O)Nc1cc(NC(C)=O)cc(C(=O)N(C)C(C)c2cc3ccccc3o2)c1. The summed E-state index contributed by atoms with van der Waals surface area (Å²) < 4.78 is 5.88. The second-order valence-electron chi connectivity index (χ2n) is 6.94. The van der Waals surface area contributed by atoms with Gasteiger partial charge in [0.15, 0.2) is 0 Å². The van der Waals surface area contributed by atoms with Crippen LogP contribution in [0.15, 0.2) is 52.9 Å². The molecule has 29 heavy (non-hydrogen) atoms. The molecule has 0 aliphatic rings. The van der Waals surface area contributed by atoms with E-state index in [2.05, 4.69) is 10.6 Å². The zero-order valence-corrected chi connectivity index (χ0v) is 16.8. The molecule has 2 N–H and O–H groups in total. The molecule has 7 heteroatoms. The van der Waals surface area contributed by atoms with Gasteiger partial charge in [-0.2, -0.15) is 0 Å². The van der Waals surface area contributed by atoms with Crippen LogP contribution in [0, 0.1) is 0 Å². The van der Waals surface area contributed by atoms with Gasteiger partial charge >= 0.3 is 0 Å². The van der Waals surface area contributed by atoms with Crippen molar-refractivity contribution in [3.05, 3.63) is 59.9 Å². The molecule has 3 aromatic rings. The van der Waals surface area contributed by atoms with Gasteiger partial charge in [0.1, 0.15) is 11.3 Å². The molecule has 0 aliphatic heterocycles. The first-order chi connectivity index (χ1) is 13.7. The standard InChI is InChI=1S/C22H23N3O4/c1-13(21-11-16-7-5-6-8-20(16)29-21)25(4)22(28)17-9-18(23-14(2)26)12-19(10-17)24-15(3)27/h5-13H,1-4H3,(H,23,26)(H,24,27). The lowest BCUT2D eigenvalue weighted by Crippen LogP contribution is -2.29. The van der Waals surface area contributed by atoms with Crippen LogP contribution >= 0.6 is 0 Å². The van der Waals surface area contributed by atoms with Crippen molar-refractivity contribution < 1.29 is 18.8 Å². The molecule has 3 rings (SSSR count). The number of benzene rings is 2. The maximum atomic E-state index is 13.1. The van der Waals surface area contributed by atoms with Gasteiger partial charge in [-0.25, -0.2) is 0 Å². The average Bonchev–Trinajstić information content (AvgIpc) is 3.09. The molecule has 3 amide bonds. The fourth-order valence-electron chi connectivity index (χ4n) is 3.08. The summed E-state index contributed by atoms with van der Waals surface area (Å²) in [5.41, 5.74) is 1.95. The van der Waals surface area contributed by atoms with E-state index >= 15 is 0 Å². The third-order valence-electron chi connectivity index (χ3n) is 4.58. The van der Waals surface area contributed by atoms with Crippen molar-refractivity contribution in [2.24, 2.45) is 0 Å². The number of furan rings is 1. The fraction of sp³-hybridized carbons (Fsp3) is 0.227. The van der Waals surface area contributed by atoms with Crippen LogP contribution in [0.1, 0.15) is 42.9 Å². The normalized spacial score (nSPS) is 11.7. The molecule has 7 nitrogen and oxygen atoms in total. The number of carbonyl (C=O) groups excluding carboxylic acids is 3. The second kappa shape index (κ2) is 8.18. The predicted octanol–water partition coefficient (Wildman–Crippen LogP) is 4.18. The van der Waals surface area contributed by atoms with Crippen LogP contribution in [0.2, 0.25) is 0 Å². The summed E-state index contributed by atoms with van der Waals surface area (Å²) in [6.07, 6.45) is 0. The number of fused-ring (bicyclic) bond motifs is 1. The van der Waals surface area contributed by atoms with E-state index in [4.69, 9.17) is 4.42 Å². The van der Waals surface area contributed by atoms with Gasteiger partial charge in [-0.3, -0.25) is 14.4 Å². The van der Waals surface area contributed by atoms with Gasteiger partial charge in [-0.1, -0.05) is 18.2 Å². The highest BCUT2D eigenvalue weighted by molar-refractivity contribution is 6.00. The number of hydrogen-bond acceptors (Lipinski definition) is 4. The van der Waals surface area contributed by atoms with Crippen LogP contribution < -0.4 is 10.6 Å². The Morgan fingerprint density at radius 1 is 0.931 bits per heavy atom. The van der Waals surface area contributed by atoms with Crippen molar-refractivity contribution in [3.8, 4) is 0 Å². The van der Waals surface area contributed by atoms with Crippen LogP contribution in [0.4, 0.5) is 11.4 Å². The molecule has 0 saturated carbocycles. The quantitative estimate of drug-likeness (QED) is 0.680. The Morgan fingerprint density at radius 3 is 2.07 bits per heavy atom. The smallest absolute Gasteiger partial charge is 0.254 e. The van der Waals surface area contributed by atoms with Crippen molar-refractivity contribution in [2.45, 2.75) is 26.8 Å². The fourth-order valence-corrected chi connectivity index (χ4v) is 3.08. The van der Waals surface area contributed by atoms with E-state index in [0.717, 1.165) is 11.0 Å². The molecule has 150 valence electrons. The average molecular weight is 393 g/mol. The Bertz CT molecular complexity index is 1020. The van der Waals surface area contributed by atoms with Crippen LogP contribution in [0.5, 0.6) is 0 Å². The molecular weight excluding hydrogens is 370 g/mol. The van der Waals surface area contributed by atoms with Gasteiger partial charge in [0.25, 0.3) is 5.91 Å². The summed E-state index contributed by atoms with van der Waals surface area (Å²) in [7, 11) is 1.68. The summed E-state index contributed by atoms with van der Waals surface area (Å²) in [6, 6.07) is 14.0. The first-order valence-electron chi connectivity index (χ1n) is 9.20. The van der Waals surface area contributed by atoms with E-state index in [9.17, 15) is 14.4 Å². The first-order valence-corrected chi connectivity index (χ1v) is 9.20. The Labute approximate surface area is 168 Å². The number of anilines is 2. The lowest BCUT2D eigenvalue weighted by Gasteiger charge is -2.24. The van der Waals surface area contributed by atoms with E-state index in [-0.39, 0.29) is 23.8 Å². The van der Waals surface area contributed by atoms with Crippen molar-refractivity contribution >= 4 is 40.1 Å². The second-order valence-corrected chi connectivity index (χ2v) is 6.94. The van der Waals surface area contributed by atoms with Gasteiger partial charge in [0.2, 0.25) is 11.8 Å². The number of rotatable bonds is 5. The molecular formula is C22H23N3O4. The van der Waals surface area contributed by atoms with Gasteiger partial charge < -0.3 is 20.0 Å². The molecule has 1 heterocycles. The van der Waals surface area contributed by atoms with Crippen LogP contribution in [0.25, 0.3) is 11.0 Å². The monoisotopic (exact) mass is 393 g/mol. The van der Waals surface area contributed by atoms with Gasteiger partial charge in [-0.05, 0) is 37.3 Å². The molecule has 1 aromatic heterocycles. The number of amides is 3. The maximum absolute atomic E-state index is 13.1. The van der Waals surface area contributed by atoms with Crippen molar-refractivity contribution in [2.75, 3.05) is 17.7 Å². The molecule has 0 aliphatic carbocycles. The molecule has 1 atom stereocenters. The third-order valence-corrected chi connectivity index (χ3v) is 4.58. The Kier molecular flexibility index (Phi) is 5.68. The molecule has 0 saturated heterocycles. The summed E-state index contributed by atoms with van der Waals surface area (Å²) in [5.74, 6) is -0.140. The molecule has 1 unspecified atom stereocenters. The summed E-state index contributed by atoms with van der Waals surface area (Å²) in [5, 5.41) is 6.27. The molecule has 2 aromatic carbocycles. The lowest BCUT2D eigenvalue weighted by molar-refractivity contribution is -0.115. The number of hydrogen-bond donors (Lipinski definition) is 2. The maximum Gasteiger partial charge on any atom is 0.254 e. The van der Waals surface area contributed by atoms with Crippen molar-refractivity contribution in [1.29, 1.82) is 0 Å². The summed E-state index contributed by atoms with van der Waals surface area (Å²) in [4.78, 5) is 37.5. The van der Waals surface area contributed by atoms with E-state index in [0.29, 0.717) is 22.7 Å². The zero-order chi connectivity index (χ0) is 21.1. The van der Waals surface area contributed by atoms with Crippen molar-refractivity contribution in [1.82, 2.24) is 4.90 Å². The summed E-state index contributed by atoms with van der Waals surface area (Å²) >= 11 is 0. The highest BCUT2D eigenvalue weighted by atomic mass is 16.3. The minimum Gasteiger partial charge on any atom is -0.459 e. The van der Waals surface area contributed by atoms with Crippen LogP contribution in [-0.4, -0.2) is 29.7 Å². The molecule has 0 fully saturated rings. The Hall–Kier alpha value is -3.61. The van der Waals surface area contributed by atoms with E-state index in [1.807, 2.05) is 37.3 Å². The van der Waals surface area contributed by atoms with Gasteiger partial charge in [0.05, 0.1) is 6.04 Å². The van der Waals surface area contributed by atoms with E-state index in [1.165, 1.54) is 13.8 Å². The van der Waals surface area contributed by atoms with Gasteiger partial charge in [0, 0.05) is 43.2 Å². The first kappa shape index (κ1) is 20.1. The van der Waals surface area contributed by atoms with Crippen LogP contribution in [0.3, 0.4) is 0 Å². The largest absolute Gasteiger partial charge is 0.459 e. The third kappa shape index (κ3) is 4.63. The minimum absolute atomic E-state index is 0.267. The lowest BCUT2D eigenvalue weighted by atomic mass is 10.1. The highest BCUT2D eigenvalue weighted by Crippen LogP contribution is 2.28. The Balaban J connectivity index is 1.90. The molecule has 0 spiro atoms. The van der Waals surface area contributed by atoms with Crippen LogP contribution in [-0.2, 0) is 9.59 Å². The minimum atomic E-state index is -0.316. The van der Waals surface area contributed by atoms with Gasteiger partial charge in [-0.15, -0.1) is 0 Å². The molecule has 0 radical (unpaired) electrons. The Morgan fingerprint density at radius 2 is 1.52 bits per heavy atom. The number of nitrogens with one attached hydrogen (secondary N) is 2. The van der Waals surface area contributed by atoms with E-state index in [1.54, 1.807) is 30.1 Å². The van der Waals surface area contributed by atoms with Crippen molar-refractivity contribution in [3.63, 3.8) is 0 Å². The topological polar surface area (TPSA) is 91.7 Å². The highest BCUT2D eigenvalue weighted by Gasteiger charge is 2.23. The predicted molar refractivity (Wildman–Crippen MR) is 112 cm³/mol. The van der Waals surface area contributed by atoms with E-state index < -0.39 is 0 Å². The number of para-hydroxylation sites is 1. The number of nitrogens with zero attached hydrogens (tertiary/aromatic N) is 1. The zero-order valence-electron chi connectivity index (χ0n) is 16.8. The number of carbonyl (C=O) groups is 3. The summed E-state index contributed by atoms with van der Waals surface area (Å²) in [6.45, 7) is 4.63.